The Kier molecular flexibility index (Phi) is 26.7. The summed E-state index contributed by atoms with van der Waals surface area (Å²) in [4.78, 5) is 33.2. The van der Waals surface area contributed by atoms with Crippen LogP contribution in [0, 0.1) is 5.41 Å². The van der Waals surface area contributed by atoms with Crippen LogP contribution in [-0.2, 0) is 28.6 Å². The van der Waals surface area contributed by atoms with Gasteiger partial charge in [-0.2, -0.15) is 0 Å². The fourth-order valence-electron chi connectivity index (χ4n) is 3.69. The third-order valence-corrected chi connectivity index (χ3v) is 6.29. The van der Waals surface area contributed by atoms with Crippen molar-refractivity contribution in [3.63, 3.8) is 0 Å². The Morgan fingerprint density at radius 1 is 0.600 bits per heavy atom. The van der Waals surface area contributed by atoms with Crippen molar-refractivity contribution in [2.75, 3.05) is 19.8 Å². The van der Waals surface area contributed by atoms with Gasteiger partial charge in [0.1, 0.15) is 0 Å². The molecule has 0 aromatic rings. The minimum atomic E-state index is -0.440. The van der Waals surface area contributed by atoms with E-state index in [9.17, 15) is 14.4 Å². The summed E-state index contributed by atoms with van der Waals surface area (Å²) < 4.78 is 15.0. The van der Waals surface area contributed by atoms with Crippen molar-refractivity contribution in [2.24, 2.45) is 5.41 Å². The number of hydrogen-bond acceptors (Lipinski definition) is 6. The van der Waals surface area contributed by atoms with Gasteiger partial charge in [-0.15, -0.1) is 0 Å². The average molecular weight is 565 g/mol. The summed E-state index contributed by atoms with van der Waals surface area (Å²) in [6.45, 7) is 20.3. The van der Waals surface area contributed by atoms with E-state index in [1.807, 2.05) is 13.8 Å². The minimum Gasteiger partial charge on any atom is -0.463 e. The highest BCUT2D eigenvalue weighted by Gasteiger charge is 2.23. The van der Waals surface area contributed by atoms with E-state index in [2.05, 4.69) is 26.7 Å². The first-order valence-electron chi connectivity index (χ1n) is 15.4. The number of unbranched alkanes of at least 4 members (excludes halogenated alkanes) is 15. The Balaban J connectivity index is 0. The molecule has 6 heteroatoms. The lowest BCUT2D eigenvalue weighted by Gasteiger charge is -2.23. The molecule has 40 heavy (non-hydrogen) atoms. The summed E-state index contributed by atoms with van der Waals surface area (Å²) in [6.07, 6.45) is 23.0. The number of rotatable bonds is 24. The molecule has 0 radical (unpaired) electrons. The van der Waals surface area contributed by atoms with Crippen molar-refractivity contribution >= 4 is 17.9 Å². The summed E-state index contributed by atoms with van der Waals surface area (Å²) in [7, 11) is 0. The number of hydrogen-bond donors (Lipinski definition) is 0. The summed E-state index contributed by atoms with van der Waals surface area (Å²) in [5.41, 5.74) is 0.260. The van der Waals surface area contributed by atoms with Gasteiger partial charge in [0.15, 0.2) is 0 Å². The fraction of sp³-hybridized carbons (Fsp3) is 0.735. The van der Waals surface area contributed by atoms with Crippen LogP contribution >= 0.6 is 0 Å². The Bertz CT molecular complexity index is 690. The van der Waals surface area contributed by atoms with Gasteiger partial charge in [0.25, 0.3) is 0 Å². The molecule has 0 saturated heterocycles. The van der Waals surface area contributed by atoms with Crippen LogP contribution in [0.2, 0.25) is 0 Å². The first-order valence-corrected chi connectivity index (χ1v) is 15.4. The maximum Gasteiger partial charge on any atom is 0.333 e. The molecule has 0 aliphatic rings. The zero-order valence-corrected chi connectivity index (χ0v) is 26.6. The lowest BCUT2D eigenvalue weighted by molar-refractivity contribution is -0.147. The van der Waals surface area contributed by atoms with Crippen molar-refractivity contribution in [1.82, 2.24) is 0 Å². The highest BCUT2D eigenvalue weighted by atomic mass is 16.5. The van der Waals surface area contributed by atoms with Gasteiger partial charge in [0, 0.05) is 22.6 Å². The average Bonchev–Trinajstić information content (AvgIpc) is 2.92. The SMILES string of the molecule is C=C(C)C(=O)OCC(C)(C)COC(=O)C(=C)C.C=CC(=O)OCCCCCCCCCCCCCCCCCC. The fourth-order valence-corrected chi connectivity index (χ4v) is 3.69. The van der Waals surface area contributed by atoms with Crippen molar-refractivity contribution in [3.05, 3.63) is 37.0 Å². The topological polar surface area (TPSA) is 78.9 Å². The van der Waals surface area contributed by atoms with Gasteiger partial charge in [-0.05, 0) is 20.3 Å². The zero-order valence-electron chi connectivity index (χ0n) is 26.6. The predicted molar refractivity (Wildman–Crippen MR) is 166 cm³/mol. The second-order valence-electron chi connectivity index (χ2n) is 11.6. The normalized spacial score (nSPS) is 10.6. The third kappa shape index (κ3) is 28.6. The van der Waals surface area contributed by atoms with E-state index >= 15 is 0 Å². The molecule has 0 N–H and O–H groups in total. The van der Waals surface area contributed by atoms with Crippen LogP contribution in [0.1, 0.15) is 137 Å². The molecule has 0 aromatic heterocycles. The molecule has 0 aromatic carbocycles. The molecular weight excluding hydrogens is 504 g/mol. The van der Waals surface area contributed by atoms with E-state index in [0.29, 0.717) is 17.8 Å². The van der Waals surface area contributed by atoms with Gasteiger partial charge in [0.05, 0.1) is 19.8 Å². The van der Waals surface area contributed by atoms with Gasteiger partial charge in [-0.3, -0.25) is 0 Å². The number of carbonyl (C=O) groups is 3. The highest BCUT2D eigenvalue weighted by Crippen LogP contribution is 2.17. The molecule has 232 valence electrons. The van der Waals surface area contributed by atoms with Crippen LogP contribution in [0.4, 0.5) is 0 Å². The van der Waals surface area contributed by atoms with Gasteiger partial charge in [-0.1, -0.05) is 137 Å². The third-order valence-electron chi connectivity index (χ3n) is 6.29. The maximum absolute atomic E-state index is 11.2. The van der Waals surface area contributed by atoms with E-state index in [-0.39, 0.29) is 19.2 Å². The molecule has 0 spiro atoms. The first-order chi connectivity index (χ1) is 19.0. The zero-order chi connectivity index (χ0) is 30.7. The number of carbonyl (C=O) groups excluding carboxylic acids is 3. The molecule has 0 saturated carbocycles. The molecule has 0 aliphatic heterocycles. The summed E-state index contributed by atoms with van der Waals surface area (Å²) in [6, 6.07) is 0. The minimum absolute atomic E-state index is 0.169. The van der Waals surface area contributed by atoms with Crippen molar-refractivity contribution < 1.29 is 28.6 Å². The molecular formula is C34H60O6. The van der Waals surface area contributed by atoms with Crippen molar-refractivity contribution in [3.8, 4) is 0 Å². The molecule has 0 aliphatic carbocycles. The molecule has 0 atom stereocenters. The Morgan fingerprint density at radius 3 is 1.23 bits per heavy atom. The van der Waals surface area contributed by atoms with Gasteiger partial charge >= 0.3 is 17.9 Å². The van der Waals surface area contributed by atoms with E-state index in [4.69, 9.17) is 14.2 Å². The number of esters is 3. The van der Waals surface area contributed by atoms with Crippen molar-refractivity contribution in [1.29, 1.82) is 0 Å². The summed E-state index contributed by atoms with van der Waals surface area (Å²) in [5.74, 6) is -1.18. The standard InChI is InChI=1S/C21H40O2.C13H20O4/c1-3-5-6-7-8-9-10-11-12-13-14-15-16-17-18-19-20-23-21(22)4-2;1-9(2)11(14)16-7-13(5,6)8-17-12(15)10(3)4/h4H,2-3,5-20H2,1H3;1,3,7-8H2,2,4-6H3. The van der Waals surface area contributed by atoms with Crippen LogP contribution in [0.3, 0.4) is 0 Å². The molecule has 0 bridgehead atoms. The van der Waals surface area contributed by atoms with E-state index in [1.54, 1.807) is 13.8 Å². The largest absolute Gasteiger partial charge is 0.463 e. The van der Waals surface area contributed by atoms with Gasteiger partial charge < -0.3 is 14.2 Å². The monoisotopic (exact) mass is 564 g/mol. The Morgan fingerprint density at radius 2 is 0.925 bits per heavy atom. The summed E-state index contributed by atoms with van der Waals surface area (Å²) >= 11 is 0. The second-order valence-corrected chi connectivity index (χ2v) is 11.6. The molecule has 0 amide bonds. The van der Waals surface area contributed by atoms with Gasteiger partial charge in [0.2, 0.25) is 0 Å². The quantitative estimate of drug-likeness (QED) is 0.0503. The molecule has 0 rings (SSSR count). The Hall–Kier alpha value is -2.37. The highest BCUT2D eigenvalue weighted by molar-refractivity contribution is 5.87. The first kappa shape index (κ1) is 39.8. The second kappa shape index (κ2) is 26.8. The van der Waals surface area contributed by atoms with Crippen LogP contribution in [0.25, 0.3) is 0 Å². The smallest absolute Gasteiger partial charge is 0.333 e. The van der Waals surface area contributed by atoms with E-state index < -0.39 is 17.4 Å². The van der Waals surface area contributed by atoms with E-state index in [1.165, 1.54) is 102 Å². The van der Waals surface area contributed by atoms with Crippen LogP contribution in [0.15, 0.2) is 37.0 Å². The van der Waals surface area contributed by atoms with Crippen LogP contribution in [0.5, 0.6) is 0 Å². The molecule has 0 heterocycles. The maximum atomic E-state index is 11.2. The lowest BCUT2D eigenvalue weighted by Crippen LogP contribution is -2.28. The van der Waals surface area contributed by atoms with Crippen molar-refractivity contribution in [2.45, 2.75) is 137 Å². The molecule has 0 unspecified atom stereocenters. The Labute approximate surface area is 246 Å². The number of ether oxygens (including phenoxy) is 3. The molecule has 0 fully saturated rings. The van der Waals surface area contributed by atoms with E-state index in [0.717, 1.165) is 6.42 Å². The van der Waals surface area contributed by atoms with Crippen LogP contribution < -0.4 is 0 Å². The van der Waals surface area contributed by atoms with Crippen LogP contribution in [-0.4, -0.2) is 37.7 Å². The predicted octanol–water partition coefficient (Wildman–Crippen LogP) is 9.23. The van der Waals surface area contributed by atoms with Gasteiger partial charge in [-0.25, -0.2) is 14.4 Å². The summed E-state index contributed by atoms with van der Waals surface area (Å²) in [5, 5.41) is 0. The molecule has 6 nitrogen and oxygen atoms in total. The lowest BCUT2D eigenvalue weighted by atomic mass is 9.96.